The molecule has 8 nitrogen and oxygen atoms in total. The van der Waals surface area contributed by atoms with Crippen molar-refractivity contribution in [2.45, 2.75) is 45.6 Å². The lowest BCUT2D eigenvalue weighted by Gasteiger charge is -2.13. The Balaban J connectivity index is 1.36. The van der Waals surface area contributed by atoms with Crippen molar-refractivity contribution in [1.29, 1.82) is 0 Å². The first-order valence-corrected chi connectivity index (χ1v) is 14.0. The Morgan fingerprint density at radius 3 is 2.56 bits per heavy atom. The van der Waals surface area contributed by atoms with Gasteiger partial charge in [0.15, 0.2) is 6.10 Å². The van der Waals surface area contributed by atoms with Crippen LogP contribution in [-0.2, 0) is 22.4 Å². The lowest BCUT2D eigenvalue weighted by molar-refractivity contribution is -0.127. The molecule has 2 amide bonds. The minimum absolute atomic E-state index is 0.262. The van der Waals surface area contributed by atoms with Crippen LogP contribution < -0.4 is 15.5 Å². The van der Waals surface area contributed by atoms with Crippen LogP contribution in [0.15, 0.2) is 47.6 Å². The van der Waals surface area contributed by atoms with Gasteiger partial charge in [-0.3, -0.25) is 9.59 Å². The summed E-state index contributed by atoms with van der Waals surface area (Å²) in [7, 11) is 0. The van der Waals surface area contributed by atoms with E-state index in [9.17, 15) is 14.4 Å². The number of anilines is 1. The van der Waals surface area contributed by atoms with Gasteiger partial charge in [-0.1, -0.05) is 29.3 Å². The summed E-state index contributed by atoms with van der Waals surface area (Å²) < 4.78 is 10.9. The van der Waals surface area contributed by atoms with E-state index in [-0.39, 0.29) is 12.5 Å². The van der Waals surface area contributed by atoms with Gasteiger partial charge in [-0.15, -0.1) is 11.3 Å². The minimum Gasteiger partial charge on any atom is -0.481 e. The minimum atomic E-state index is -0.855. The molecule has 0 fully saturated rings. The summed E-state index contributed by atoms with van der Waals surface area (Å²) in [6.07, 6.45) is 4.31. The van der Waals surface area contributed by atoms with E-state index in [0.29, 0.717) is 37.5 Å². The van der Waals surface area contributed by atoms with Gasteiger partial charge in [0.05, 0.1) is 23.4 Å². The number of thiophene rings is 1. The number of hydrazone groups is 1. The highest BCUT2D eigenvalue weighted by Gasteiger charge is 2.27. The molecule has 204 valence electrons. The number of fused-ring (bicyclic) bond motifs is 1. The maximum Gasteiger partial charge on any atom is 0.341 e. The summed E-state index contributed by atoms with van der Waals surface area (Å²) in [6.45, 7) is 3.60. The zero-order valence-electron chi connectivity index (χ0n) is 21.4. The van der Waals surface area contributed by atoms with Gasteiger partial charge >= 0.3 is 5.97 Å². The molecule has 2 aromatic carbocycles. The molecule has 11 heteroatoms. The molecule has 1 aromatic heterocycles. The molecule has 0 unspecified atom stereocenters. The van der Waals surface area contributed by atoms with E-state index in [1.165, 1.54) is 17.6 Å². The number of aryl methyl sites for hydroxylation is 1. The van der Waals surface area contributed by atoms with Crippen LogP contribution in [0.25, 0.3) is 0 Å². The van der Waals surface area contributed by atoms with Crippen molar-refractivity contribution in [3.63, 3.8) is 0 Å². The quantitative estimate of drug-likeness (QED) is 0.174. The SMILES string of the molecule is CCOC(=O)c1c(NC(=O)c2ccc(O[C@H](C)C(=O)N/N=C\c3ccc(Cl)cc3Cl)cc2)sc2c1CCCC2. The standard InChI is InChI=1S/C28H27Cl2N3O5S/c1-3-37-28(36)24-21-6-4-5-7-23(21)39-27(24)32-26(35)17-9-12-20(13-10-17)38-16(2)25(34)33-31-15-18-8-11-19(29)14-22(18)30/h8-16H,3-7H2,1-2H3,(H,32,35)(H,33,34)/b31-15-/t16-/m1/s1. The predicted octanol–water partition coefficient (Wildman–Crippen LogP) is 6.28. The molecule has 1 aliphatic carbocycles. The summed E-state index contributed by atoms with van der Waals surface area (Å²) in [6, 6.07) is 11.3. The molecule has 0 radical (unpaired) electrons. The highest BCUT2D eigenvalue weighted by molar-refractivity contribution is 7.17. The van der Waals surface area contributed by atoms with Crippen molar-refractivity contribution in [2.24, 2.45) is 5.10 Å². The molecule has 1 aliphatic rings. The molecule has 4 rings (SSSR count). The summed E-state index contributed by atoms with van der Waals surface area (Å²) in [4.78, 5) is 39.1. The first-order valence-electron chi connectivity index (χ1n) is 12.4. The molecule has 0 saturated heterocycles. The monoisotopic (exact) mass is 587 g/mol. The normalized spacial score (nSPS) is 13.4. The number of rotatable bonds is 9. The van der Waals surface area contributed by atoms with Crippen LogP contribution in [0.5, 0.6) is 5.75 Å². The van der Waals surface area contributed by atoms with Crippen LogP contribution in [-0.4, -0.2) is 36.7 Å². The topological polar surface area (TPSA) is 106 Å². The summed E-state index contributed by atoms with van der Waals surface area (Å²) >= 11 is 13.4. The Morgan fingerprint density at radius 1 is 1.10 bits per heavy atom. The number of amides is 2. The average molecular weight is 589 g/mol. The Labute approximate surface area is 240 Å². The van der Waals surface area contributed by atoms with E-state index >= 15 is 0 Å². The van der Waals surface area contributed by atoms with Crippen LogP contribution in [0.4, 0.5) is 5.00 Å². The van der Waals surface area contributed by atoms with E-state index in [1.807, 2.05) is 0 Å². The van der Waals surface area contributed by atoms with Crippen LogP contribution in [0.3, 0.4) is 0 Å². The van der Waals surface area contributed by atoms with Crippen LogP contribution in [0.1, 0.15) is 63.4 Å². The lowest BCUT2D eigenvalue weighted by Crippen LogP contribution is -2.33. The van der Waals surface area contributed by atoms with Crippen LogP contribution in [0, 0.1) is 0 Å². The van der Waals surface area contributed by atoms with Gasteiger partial charge in [0, 0.05) is 21.0 Å². The largest absolute Gasteiger partial charge is 0.481 e. The number of hydrogen-bond donors (Lipinski definition) is 2. The molecule has 1 atom stereocenters. The number of esters is 1. The molecule has 2 N–H and O–H groups in total. The summed E-state index contributed by atoms with van der Waals surface area (Å²) in [5, 5.41) is 8.21. The molecule has 0 spiro atoms. The fourth-order valence-corrected chi connectivity index (χ4v) is 5.78. The maximum atomic E-state index is 13.0. The Bertz CT molecular complexity index is 1400. The van der Waals surface area contributed by atoms with Gasteiger partial charge < -0.3 is 14.8 Å². The first kappa shape index (κ1) is 28.6. The van der Waals surface area contributed by atoms with E-state index in [0.717, 1.165) is 36.1 Å². The highest BCUT2D eigenvalue weighted by Crippen LogP contribution is 2.39. The number of carbonyl (C=O) groups is 3. The van der Waals surface area contributed by atoms with Gasteiger partial charge in [-0.2, -0.15) is 5.10 Å². The molecule has 0 saturated carbocycles. The van der Waals surface area contributed by atoms with E-state index < -0.39 is 18.0 Å². The zero-order chi connectivity index (χ0) is 27.9. The predicted molar refractivity (Wildman–Crippen MR) is 154 cm³/mol. The van der Waals surface area contributed by atoms with Gasteiger partial charge in [-0.05, 0) is 81.5 Å². The van der Waals surface area contributed by atoms with Crippen molar-refractivity contribution < 1.29 is 23.9 Å². The smallest absolute Gasteiger partial charge is 0.341 e. The van der Waals surface area contributed by atoms with Crippen molar-refractivity contribution in [3.8, 4) is 5.75 Å². The average Bonchev–Trinajstić information content (AvgIpc) is 3.28. The summed E-state index contributed by atoms with van der Waals surface area (Å²) in [5.41, 5.74) is 4.83. The van der Waals surface area contributed by atoms with E-state index in [4.69, 9.17) is 32.7 Å². The Kier molecular flexibility index (Phi) is 9.61. The lowest BCUT2D eigenvalue weighted by atomic mass is 9.95. The fourth-order valence-electron chi connectivity index (χ4n) is 4.05. The number of nitrogens with one attached hydrogen (secondary N) is 2. The molecule has 1 heterocycles. The van der Waals surface area contributed by atoms with Crippen LogP contribution in [0.2, 0.25) is 10.0 Å². The molecular formula is C28H27Cl2N3O5S. The zero-order valence-corrected chi connectivity index (χ0v) is 23.7. The van der Waals surface area contributed by atoms with Gasteiger partial charge in [0.1, 0.15) is 10.8 Å². The van der Waals surface area contributed by atoms with Crippen molar-refractivity contribution in [2.75, 3.05) is 11.9 Å². The second-order valence-corrected chi connectivity index (χ2v) is 10.7. The maximum absolute atomic E-state index is 13.0. The second kappa shape index (κ2) is 13.1. The van der Waals surface area contributed by atoms with E-state index in [1.54, 1.807) is 56.3 Å². The van der Waals surface area contributed by atoms with Gasteiger partial charge in [-0.25, -0.2) is 10.2 Å². The number of benzene rings is 2. The number of carbonyl (C=O) groups excluding carboxylic acids is 3. The number of nitrogens with zero attached hydrogens (tertiary/aromatic N) is 1. The molecular weight excluding hydrogens is 561 g/mol. The Hall–Kier alpha value is -3.40. The number of ether oxygens (including phenoxy) is 2. The molecule has 0 aliphatic heterocycles. The third-order valence-electron chi connectivity index (χ3n) is 6.02. The van der Waals surface area contributed by atoms with Crippen molar-refractivity contribution in [1.82, 2.24) is 5.43 Å². The van der Waals surface area contributed by atoms with Gasteiger partial charge in [0.2, 0.25) is 0 Å². The third-order valence-corrected chi connectivity index (χ3v) is 7.79. The van der Waals surface area contributed by atoms with Gasteiger partial charge in [0.25, 0.3) is 11.8 Å². The van der Waals surface area contributed by atoms with E-state index in [2.05, 4.69) is 15.8 Å². The molecule has 0 bridgehead atoms. The molecule has 3 aromatic rings. The second-order valence-electron chi connectivity index (χ2n) is 8.77. The first-order chi connectivity index (χ1) is 18.8. The summed E-state index contributed by atoms with van der Waals surface area (Å²) in [5.74, 6) is -0.834. The number of hydrogen-bond acceptors (Lipinski definition) is 7. The Morgan fingerprint density at radius 2 is 1.85 bits per heavy atom. The van der Waals surface area contributed by atoms with Crippen molar-refractivity contribution >= 4 is 63.5 Å². The molecule has 39 heavy (non-hydrogen) atoms. The van der Waals surface area contributed by atoms with Crippen molar-refractivity contribution in [3.05, 3.63) is 79.6 Å². The van der Waals surface area contributed by atoms with Crippen LogP contribution >= 0.6 is 34.5 Å². The fraction of sp³-hybridized carbons (Fsp3) is 0.286. The highest BCUT2D eigenvalue weighted by atomic mass is 35.5. The number of halogens is 2. The third kappa shape index (κ3) is 7.17.